The van der Waals surface area contributed by atoms with E-state index in [-0.39, 0.29) is 43.0 Å². The number of rotatable bonds is 10. The van der Waals surface area contributed by atoms with Crippen LogP contribution in [0.5, 0.6) is 0 Å². The smallest absolute Gasteiger partial charge is 0.368 e. The number of carbonyl (C=O) groups is 1. The Morgan fingerprint density at radius 3 is 2.08 bits per heavy atom. The summed E-state index contributed by atoms with van der Waals surface area (Å²) >= 11 is 0. The zero-order valence-corrected chi connectivity index (χ0v) is 21.5. The van der Waals surface area contributed by atoms with Crippen LogP contribution in [-0.4, -0.2) is 71.5 Å². The SMILES string of the molecule is CN(CCc1cc(C(F)(F)F)cc(C(F)(F)F)c1)C(=O)C(c1ccccc1)N1CCC(NCCC(O)O)CC1. The first-order valence-electron chi connectivity index (χ1n) is 12.7. The van der Waals surface area contributed by atoms with Crippen molar-refractivity contribution in [1.29, 1.82) is 0 Å². The van der Waals surface area contributed by atoms with E-state index in [1.807, 2.05) is 23.1 Å². The number of alkyl halides is 6. The maximum atomic E-state index is 13.6. The molecule has 0 aromatic heterocycles. The van der Waals surface area contributed by atoms with Crippen LogP contribution in [0, 0.1) is 0 Å². The summed E-state index contributed by atoms with van der Waals surface area (Å²) in [7, 11) is 1.49. The number of likely N-dealkylation sites (tertiary alicyclic amines) is 1. The lowest BCUT2D eigenvalue weighted by Crippen LogP contribution is -2.48. The van der Waals surface area contributed by atoms with E-state index in [0.717, 1.165) is 5.56 Å². The van der Waals surface area contributed by atoms with Gasteiger partial charge >= 0.3 is 12.4 Å². The Morgan fingerprint density at radius 2 is 1.56 bits per heavy atom. The molecule has 0 aliphatic carbocycles. The highest BCUT2D eigenvalue weighted by atomic mass is 19.4. The van der Waals surface area contributed by atoms with E-state index in [0.29, 0.717) is 44.6 Å². The molecule has 1 unspecified atom stereocenters. The summed E-state index contributed by atoms with van der Waals surface area (Å²) in [4.78, 5) is 17.0. The maximum absolute atomic E-state index is 13.6. The van der Waals surface area contributed by atoms with Gasteiger partial charge in [0, 0.05) is 45.7 Å². The molecular formula is C27H33F6N3O3. The second kappa shape index (κ2) is 13.1. The molecule has 1 amide bonds. The van der Waals surface area contributed by atoms with Crippen molar-refractivity contribution >= 4 is 5.91 Å². The third-order valence-corrected chi connectivity index (χ3v) is 6.84. The standard InChI is InChI=1S/C27H33F6N3O3/c1-35(12-8-18-15-20(26(28,29)30)17-21(16-18)27(31,32)33)25(39)24(19-5-3-2-4-6-19)36-13-9-22(10-14-36)34-11-7-23(37)38/h2-6,15-17,22-24,34,37-38H,7-14H2,1H3. The normalized spacial score (nSPS) is 16.5. The molecule has 3 rings (SSSR count). The van der Waals surface area contributed by atoms with E-state index in [1.54, 1.807) is 12.1 Å². The van der Waals surface area contributed by atoms with Gasteiger partial charge in [0.2, 0.25) is 5.91 Å². The lowest BCUT2D eigenvalue weighted by molar-refractivity contribution is -0.143. The molecule has 1 atom stereocenters. The van der Waals surface area contributed by atoms with E-state index in [2.05, 4.69) is 5.32 Å². The number of aliphatic hydroxyl groups is 2. The fourth-order valence-electron chi connectivity index (χ4n) is 4.70. The Morgan fingerprint density at radius 1 is 1.00 bits per heavy atom. The van der Waals surface area contributed by atoms with Crippen molar-refractivity contribution < 1.29 is 41.4 Å². The molecule has 12 heteroatoms. The predicted octanol–water partition coefficient (Wildman–Crippen LogP) is 4.22. The van der Waals surface area contributed by atoms with Crippen LogP contribution >= 0.6 is 0 Å². The van der Waals surface area contributed by atoms with E-state index < -0.39 is 35.8 Å². The number of carbonyl (C=O) groups excluding carboxylic acids is 1. The minimum atomic E-state index is -4.94. The number of hydrogen-bond donors (Lipinski definition) is 3. The molecule has 6 nitrogen and oxygen atoms in total. The number of halogens is 6. The molecule has 0 spiro atoms. The van der Waals surface area contributed by atoms with Crippen molar-refractivity contribution in [2.24, 2.45) is 0 Å². The van der Waals surface area contributed by atoms with Crippen LogP contribution in [0.4, 0.5) is 26.3 Å². The van der Waals surface area contributed by atoms with Crippen molar-refractivity contribution in [3.05, 3.63) is 70.8 Å². The summed E-state index contributed by atoms with van der Waals surface area (Å²) in [6.07, 6.45) is -9.81. The van der Waals surface area contributed by atoms with Crippen LogP contribution in [0.3, 0.4) is 0 Å². The van der Waals surface area contributed by atoms with Crippen LogP contribution < -0.4 is 5.32 Å². The minimum Gasteiger partial charge on any atom is -0.368 e. The second-order valence-corrected chi connectivity index (χ2v) is 9.77. The lowest BCUT2D eigenvalue weighted by Gasteiger charge is -2.38. The molecule has 1 fully saturated rings. The Balaban J connectivity index is 1.72. The van der Waals surface area contributed by atoms with Crippen LogP contribution in [0.15, 0.2) is 48.5 Å². The van der Waals surface area contributed by atoms with Gasteiger partial charge in [-0.3, -0.25) is 9.69 Å². The zero-order valence-electron chi connectivity index (χ0n) is 21.5. The molecule has 3 N–H and O–H groups in total. The largest absolute Gasteiger partial charge is 0.416 e. The number of aliphatic hydroxyl groups excluding tert-OH is 1. The molecule has 0 bridgehead atoms. The molecule has 2 aromatic carbocycles. The van der Waals surface area contributed by atoms with Crippen molar-refractivity contribution in [3.8, 4) is 0 Å². The Bertz CT molecular complexity index is 1040. The number of nitrogens with one attached hydrogen (secondary N) is 1. The highest BCUT2D eigenvalue weighted by Crippen LogP contribution is 2.36. The molecule has 1 aliphatic heterocycles. The number of likely N-dealkylation sites (N-methyl/N-ethyl adjacent to an activating group) is 1. The van der Waals surface area contributed by atoms with E-state index in [9.17, 15) is 31.1 Å². The Labute approximate surface area is 223 Å². The number of amides is 1. The minimum absolute atomic E-state index is 0.0672. The summed E-state index contributed by atoms with van der Waals surface area (Å²) in [5.41, 5.74) is -2.18. The van der Waals surface area contributed by atoms with Crippen molar-refractivity contribution in [1.82, 2.24) is 15.1 Å². The quantitative estimate of drug-likeness (QED) is 0.299. The van der Waals surface area contributed by atoms with Gasteiger partial charge in [-0.2, -0.15) is 26.3 Å². The van der Waals surface area contributed by atoms with Gasteiger partial charge in [0.25, 0.3) is 0 Å². The summed E-state index contributed by atoms with van der Waals surface area (Å²) in [5, 5.41) is 21.3. The van der Waals surface area contributed by atoms with Crippen molar-refractivity contribution in [2.45, 2.75) is 56.4 Å². The molecule has 2 aromatic rings. The van der Waals surface area contributed by atoms with E-state index >= 15 is 0 Å². The van der Waals surface area contributed by atoms with Gasteiger partial charge in [0.1, 0.15) is 6.04 Å². The van der Waals surface area contributed by atoms with Gasteiger partial charge in [-0.25, -0.2) is 0 Å². The van der Waals surface area contributed by atoms with Crippen molar-refractivity contribution in [2.75, 3.05) is 33.2 Å². The molecule has 0 radical (unpaired) electrons. The first-order valence-corrected chi connectivity index (χ1v) is 12.7. The van der Waals surface area contributed by atoms with Gasteiger partial charge in [0.05, 0.1) is 11.1 Å². The fourth-order valence-corrected chi connectivity index (χ4v) is 4.70. The monoisotopic (exact) mass is 561 g/mol. The van der Waals surface area contributed by atoms with Crippen LogP contribution in [0.25, 0.3) is 0 Å². The summed E-state index contributed by atoms with van der Waals surface area (Å²) in [6.45, 7) is 1.52. The molecular weight excluding hydrogens is 528 g/mol. The number of benzene rings is 2. The number of hydrogen-bond acceptors (Lipinski definition) is 5. The maximum Gasteiger partial charge on any atom is 0.416 e. The van der Waals surface area contributed by atoms with E-state index in [1.165, 1.54) is 11.9 Å². The Hall–Kier alpha value is -2.67. The topological polar surface area (TPSA) is 76.0 Å². The fraction of sp³-hybridized carbons (Fsp3) is 0.519. The highest BCUT2D eigenvalue weighted by Gasteiger charge is 2.37. The molecule has 1 heterocycles. The van der Waals surface area contributed by atoms with Crippen LogP contribution in [0.1, 0.15) is 47.6 Å². The molecule has 0 saturated carbocycles. The zero-order chi connectivity index (χ0) is 28.8. The van der Waals surface area contributed by atoms with Crippen LogP contribution in [-0.2, 0) is 23.6 Å². The van der Waals surface area contributed by atoms with Gasteiger partial charge in [-0.15, -0.1) is 0 Å². The number of nitrogens with zero attached hydrogens (tertiary/aromatic N) is 2. The average molecular weight is 562 g/mol. The third kappa shape index (κ3) is 8.92. The third-order valence-electron chi connectivity index (χ3n) is 6.84. The predicted molar refractivity (Wildman–Crippen MR) is 132 cm³/mol. The summed E-state index contributed by atoms with van der Waals surface area (Å²) < 4.78 is 79.4. The summed E-state index contributed by atoms with van der Waals surface area (Å²) in [6, 6.07) is 9.98. The molecule has 1 saturated heterocycles. The van der Waals surface area contributed by atoms with Crippen molar-refractivity contribution in [3.63, 3.8) is 0 Å². The van der Waals surface area contributed by atoms with Gasteiger partial charge in [0.15, 0.2) is 6.29 Å². The Kier molecular flexibility index (Phi) is 10.4. The first-order chi connectivity index (χ1) is 18.3. The van der Waals surface area contributed by atoms with Gasteiger partial charge < -0.3 is 20.4 Å². The highest BCUT2D eigenvalue weighted by molar-refractivity contribution is 5.83. The molecule has 216 valence electrons. The van der Waals surface area contributed by atoms with E-state index in [4.69, 9.17) is 10.2 Å². The van der Waals surface area contributed by atoms with Gasteiger partial charge in [-0.1, -0.05) is 30.3 Å². The molecule has 1 aliphatic rings. The van der Waals surface area contributed by atoms with Gasteiger partial charge in [-0.05, 0) is 48.6 Å². The lowest BCUT2D eigenvalue weighted by atomic mass is 9.98. The first kappa shape index (κ1) is 30.9. The average Bonchev–Trinajstić information content (AvgIpc) is 2.87. The molecule has 39 heavy (non-hydrogen) atoms. The summed E-state index contributed by atoms with van der Waals surface area (Å²) in [5.74, 6) is -0.306. The number of piperidine rings is 1. The van der Waals surface area contributed by atoms with Crippen LogP contribution in [0.2, 0.25) is 0 Å². The second-order valence-electron chi connectivity index (χ2n) is 9.77.